The molecule has 1 heterocycles. The summed E-state index contributed by atoms with van der Waals surface area (Å²) in [7, 11) is 0. The Hall–Kier alpha value is -3.32. The van der Waals surface area contributed by atoms with Crippen molar-refractivity contribution in [2.24, 2.45) is 0 Å². The molecule has 1 saturated heterocycles. The van der Waals surface area contributed by atoms with Gasteiger partial charge in [0.25, 0.3) is 11.6 Å². The van der Waals surface area contributed by atoms with Crippen LogP contribution in [0, 0.1) is 21.4 Å². The zero-order valence-corrected chi connectivity index (χ0v) is 18.2. The first-order valence-corrected chi connectivity index (χ1v) is 9.97. The molecule has 0 atom stereocenters. The third-order valence-corrected chi connectivity index (χ3v) is 4.70. The molecule has 1 aromatic rings. The molecule has 0 unspecified atom stereocenters. The molecular formula is C20H24ClN5O5. The molecule has 1 fully saturated rings. The highest BCUT2D eigenvalue weighted by molar-refractivity contribution is 6.32. The van der Waals surface area contributed by atoms with Crippen LogP contribution < -0.4 is 10.6 Å². The van der Waals surface area contributed by atoms with Gasteiger partial charge in [-0.1, -0.05) is 11.6 Å². The topological polar surface area (TPSA) is 138 Å². The Morgan fingerprint density at radius 1 is 1.35 bits per heavy atom. The highest BCUT2D eigenvalue weighted by atomic mass is 35.5. The Bertz CT molecular complexity index is 927. The minimum atomic E-state index is -0.710. The van der Waals surface area contributed by atoms with Crippen molar-refractivity contribution in [1.29, 1.82) is 5.26 Å². The van der Waals surface area contributed by atoms with Crippen molar-refractivity contribution in [2.75, 3.05) is 18.4 Å². The van der Waals surface area contributed by atoms with Gasteiger partial charge in [-0.25, -0.2) is 4.79 Å². The van der Waals surface area contributed by atoms with E-state index in [1.165, 1.54) is 18.3 Å². The third-order valence-electron chi connectivity index (χ3n) is 4.38. The number of ether oxygens (including phenoxy) is 1. The Balaban J connectivity index is 1.92. The lowest BCUT2D eigenvalue weighted by Crippen LogP contribution is -2.45. The van der Waals surface area contributed by atoms with Crippen LogP contribution in [-0.2, 0) is 9.53 Å². The molecule has 10 nitrogen and oxygen atoms in total. The zero-order valence-electron chi connectivity index (χ0n) is 17.5. The molecule has 11 heteroatoms. The number of nitriles is 1. The van der Waals surface area contributed by atoms with Crippen LogP contribution in [0.2, 0.25) is 5.02 Å². The summed E-state index contributed by atoms with van der Waals surface area (Å²) in [5, 5.41) is 25.7. The first-order chi connectivity index (χ1) is 14.5. The second-order valence-electron chi connectivity index (χ2n) is 7.96. The number of carbonyl (C=O) groups excluding carboxylic acids is 2. The molecule has 0 aromatic heterocycles. The lowest BCUT2D eigenvalue weighted by molar-refractivity contribution is -0.384. The molecule has 166 valence electrons. The van der Waals surface area contributed by atoms with Crippen molar-refractivity contribution >= 4 is 35.0 Å². The molecule has 0 bridgehead atoms. The number of piperidine rings is 1. The number of amides is 2. The summed E-state index contributed by atoms with van der Waals surface area (Å²) in [6.45, 7) is 6.40. The van der Waals surface area contributed by atoms with Gasteiger partial charge in [0, 0.05) is 37.1 Å². The number of nitro groups is 1. The van der Waals surface area contributed by atoms with E-state index in [1.54, 1.807) is 31.7 Å². The number of anilines is 1. The van der Waals surface area contributed by atoms with E-state index in [2.05, 4.69) is 10.6 Å². The third kappa shape index (κ3) is 7.15. The molecule has 2 amide bonds. The fourth-order valence-electron chi connectivity index (χ4n) is 2.83. The zero-order chi connectivity index (χ0) is 23.2. The number of nitrogens with one attached hydrogen (secondary N) is 2. The number of nitro benzene ring substituents is 1. The molecule has 0 spiro atoms. The van der Waals surface area contributed by atoms with Crippen LogP contribution >= 0.6 is 11.6 Å². The van der Waals surface area contributed by atoms with Gasteiger partial charge in [0.2, 0.25) is 0 Å². The van der Waals surface area contributed by atoms with Crippen molar-refractivity contribution in [3.8, 4) is 6.07 Å². The number of hydrogen-bond donors (Lipinski definition) is 2. The van der Waals surface area contributed by atoms with E-state index in [9.17, 15) is 25.0 Å². The van der Waals surface area contributed by atoms with Crippen molar-refractivity contribution in [1.82, 2.24) is 10.2 Å². The number of likely N-dealkylation sites (tertiary alicyclic amines) is 1. The van der Waals surface area contributed by atoms with Crippen molar-refractivity contribution < 1.29 is 19.2 Å². The average molecular weight is 450 g/mol. The summed E-state index contributed by atoms with van der Waals surface area (Å²) in [5.41, 5.74) is -0.953. The highest BCUT2D eigenvalue weighted by Gasteiger charge is 2.26. The molecule has 1 aliphatic rings. The SMILES string of the molecule is CC(C)(C)OC(=O)N1CCC(N/C=C(/C#N)C(=O)Nc2ccc(Cl)c([N+](=O)[O-])c2)CC1. The molecular weight excluding hydrogens is 426 g/mol. The molecule has 2 N–H and O–H groups in total. The number of nitrogens with zero attached hydrogens (tertiary/aromatic N) is 3. The van der Waals surface area contributed by atoms with Gasteiger partial charge in [-0.3, -0.25) is 14.9 Å². The molecule has 0 radical (unpaired) electrons. The summed E-state index contributed by atoms with van der Waals surface area (Å²) in [6, 6.07) is 5.60. The molecule has 2 rings (SSSR count). The monoisotopic (exact) mass is 449 g/mol. The molecule has 31 heavy (non-hydrogen) atoms. The number of carbonyl (C=O) groups is 2. The van der Waals surface area contributed by atoms with Crippen LogP contribution in [0.15, 0.2) is 30.0 Å². The van der Waals surface area contributed by atoms with Gasteiger partial charge in [-0.05, 0) is 45.7 Å². The second-order valence-corrected chi connectivity index (χ2v) is 8.36. The maximum atomic E-state index is 12.3. The Labute approximate surface area is 184 Å². The summed E-state index contributed by atoms with van der Waals surface area (Å²) < 4.78 is 5.35. The second kappa shape index (κ2) is 10.1. The van der Waals surface area contributed by atoms with Crippen molar-refractivity contribution in [2.45, 2.75) is 45.3 Å². The predicted octanol–water partition coefficient (Wildman–Crippen LogP) is 3.58. The molecule has 1 aliphatic heterocycles. The summed E-state index contributed by atoms with van der Waals surface area (Å²) in [6.07, 6.45) is 2.20. The van der Waals surface area contributed by atoms with Gasteiger partial charge in [0.1, 0.15) is 22.3 Å². The average Bonchev–Trinajstić information content (AvgIpc) is 2.69. The largest absolute Gasteiger partial charge is 0.444 e. The number of rotatable bonds is 5. The van der Waals surface area contributed by atoms with E-state index < -0.39 is 16.4 Å². The van der Waals surface area contributed by atoms with Crippen LogP contribution in [-0.4, -0.2) is 46.6 Å². The van der Waals surface area contributed by atoms with E-state index in [1.807, 2.05) is 0 Å². The number of halogens is 1. The minimum absolute atomic E-state index is 0.0218. The van der Waals surface area contributed by atoms with E-state index >= 15 is 0 Å². The van der Waals surface area contributed by atoms with Gasteiger partial charge < -0.3 is 20.3 Å². The smallest absolute Gasteiger partial charge is 0.410 e. The molecule has 1 aromatic carbocycles. The Morgan fingerprint density at radius 2 is 2.00 bits per heavy atom. The minimum Gasteiger partial charge on any atom is -0.444 e. The highest BCUT2D eigenvalue weighted by Crippen LogP contribution is 2.27. The van der Waals surface area contributed by atoms with Crippen LogP contribution in [0.5, 0.6) is 0 Å². The fourth-order valence-corrected chi connectivity index (χ4v) is 3.02. The van der Waals surface area contributed by atoms with Crippen LogP contribution in [0.4, 0.5) is 16.2 Å². The fraction of sp³-hybridized carbons (Fsp3) is 0.450. The lowest BCUT2D eigenvalue weighted by atomic mass is 10.1. The van der Waals surface area contributed by atoms with Crippen LogP contribution in [0.1, 0.15) is 33.6 Å². The standard InChI is InChI=1S/C20H24ClN5O5/c1-20(2,3)31-19(28)25-8-6-14(7-9-25)23-12-13(11-22)18(27)24-15-4-5-16(21)17(10-15)26(29)30/h4-5,10,12,14,23H,6-9H2,1-3H3,(H,24,27)/b13-12-. The maximum Gasteiger partial charge on any atom is 0.410 e. The lowest BCUT2D eigenvalue weighted by Gasteiger charge is -2.33. The summed E-state index contributed by atoms with van der Waals surface area (Å²) in [4.78, 5) is 36.4. The molecule has 0 saturated carbocycles. The van der Waals surface area contributed by atoms with E-state index in [4.69, 9.17) is 16.3 Å². The van der Waals surface area contributed by atoms with Gasteiger partial charge in [0.15, 0.2) is 0 Å². The van der Waals surface area contributed by atoms with Crippen LogP contribution in [0.3, 0.4) is 0 Å². The number of benzene rings is 1. The predicted molar refractivity (Wildman–Crippen MR) is 114 cm³/mol. The van der Waals surface area contributed by atoms with Crippen molar-refractivity contribution in [3.05, 3.63) is 45.1 Å². The van der Waals surface area contributed by atoms with Crippen LogP contribution in [0.25, 0.3) is 0 Å². The van der Waals surface area contributed by atoms with Crippen molar-refractivity contribution in [3.63, 3.8) is 0 Å². The Morgan fingerprint density at radius 3 is 2.55 bits per heavy atom. The van der Waals surface area contributed by atoms with Gasteiger partial charge in [-0.15, -0.1) is 0 Å². The van der Waals surface area contributed by atoms with Gasteiger partial charge in [0.05, 0.1) is 4.92 Å². The Kier molecular flexibility index (Phi) is 7.83. The van der Waals surface area contributed by atoms with E-state index in [0.717, 1.165) is 6.07 Å². The number of hydrogen-bond acceptors (Lipinski definition) is 7. The first-order valence-electron chi connectivity index (χ1n) is 9.59. The summed E-state index contributed by atoms with van der Waals surface area (Å²) >= 11 is 5.75. The summed E-state index contributed by atoms with van der Waals surface area (Å²) in [5.74, 6) is -0.710. The van der Waals surface area contributed by atoms with E-state index in [0.29, 0.717) is 25.9 Å². The van der Waals surface area contributed by atoms with Gasteiger partial charge >= 0.3 is 6.09 Å². The first kappa shape index (κ1) is 24.0. The normalized spacial score (nSPS) is 15.1. The van der Waals surface area contributed by atoms with E-state index in [-0.39, 0.29) is 34.1 Å². The van der Waals surface area contributed by atoms with Gasteiger partial charge in [-0.2, -0.15) is 5.26 Å². The quantitative estimate of drug-likeness (QED) is 0.303. The maximum absolute atomic E-state index is 12.3. The molecule has 0 aliphatic carbocycles.